The Labute approximate surface area is 163 Å². The normalized spacial score (nSPS) is 10.8. The average Bonchev–Trinajstić information content (AvgIpc) is 3.12. The third kappa shape index (κ3) is 3.74. The molecule has 0 atom stereocenters. The highest BCUT2D eigenvalue weighted by Gasteiger charge is 2.09. The summed E-state index contributed by atoms with van der Waals surface area (Å²) in [7, 11) is 1.61. The summed E-state index contributed by atoms with van der Waals surface area (Å²) in [6.07, 6.45) is 4.27. The molecule has 0 aliphatic heterocycles. The fourth-order valence-electron chi connectivity index (χ4n) is 3.17. The van der Waals surface area contributed by atoms with E-state index in [1.807, 2.05) is 65.3 Å². The number of hydrogen-bond acceptors (Lipinski definition) is 3. The summed E-state index contributed by atoms with van der Waals surface area (Å²) in [4.78, 5) is 17.0. The molecule has 0 bridgehead atoms. The van der Waals surface area contributed by atoms with E-state index in [0.717, 1.165) is 33.9 Å². The highest BCUT2D eigenvalue weighted by molar-refractivity contribution is 5.92. The van der Waals surface area contributed by atoms with Crippen LogP contribution in [0.25, 0.3) is 16.9 Å². The largest absolute Gasteiger partial charge is 0.496 e. The fraction of sp³-hybridized carbons (Fsp3) is 0.130. The zero-order chi connectivity index (χ0) is 19.5. The summed E-state index contributed by atoms with van der Waals surface area (Å²) in [5.41, 5.74) is 5.62. The van der Waals surface area contributed by atoms with Gasteiger partial charge >= 0.3 is 0 Å². The number of pyridine rings is 1. The van der Waals surface area contributed by atoms with Gasteiger partial charge < -0.3 is 14.5 Å². The van der Waals surface area contributed by atoms with Gasteiger partial charge in [-0.15, -0.1) is 0 Å². The summed E-state index contributed by atoms with van der Waals surface area (Å²) < 4.78 is 7.31. The maximum absolute atomic E-state index is 12.4. The molecule has 0 saturated carbocycles. The Morgan fingerprint density at radius 1 is 1.11 bits per heavy atom. The molecule has 0 saturated heterocycles. The number of imidazole rings is 1. The third-order valence-electron chi connectivity index (χ3n) is 4.62. The number of carbonyl (C=O) groups excluding carboxylic acids is 1. The van der Waals surface area contributed by atoms with Crippen LogP contribution in [0.1, 0.15) is 11.1 Å². The first-order valence-electron chi connectivity index (χ1n) is 9.10. The van der Waals surface area contributed by atoms with Crippen LogP contribution in [0.2, 0.25) is 0 Å². The molecule has 4 aromatic rings. The maximum atomic E-state index is 12.4. The number of aromatic nitrogens is 2. The molecule has 5 heteroatoms. The zero-order valence-corrected chi connectivity index (χ0v) is 15.8. The number of ether oxygens (including phenoxy) is 1. The van der Waals surface area contributed by atoms with Crippen molar-refractivity contribution in [1.29, 1.82) is 0 Å². The lowest BCUT2D eigenvalue weighted by Crippen LogP contribution is -2.14. The van der Waals surface area contributed by atoms with Crippen molar-refractivity contribution in [3.63, 3.8) is 0 Å². The number of amides is 1. The molecule has 0 aliphatic carbocycles. The van der Waals surface area contributed by atoms with Gasteiger partial charge in [-0.25, -0.2) is 4.98 Å². The molecule has 140 valence electrons. The average molecular weight is 371 g/mol. The fourth-order valence-corrected chi connectivity index (χ4v) is 3.17. The van der Waals surface area contributed by atoms with Gasteiger partial charge in [-0.3, -0.25) is 4.79 Å². The number of nitrogens with zero attached hydrogens (tertiary/aromatic N) is 2. The Morgan fingerprint density at radius 3 is 2.68 bits per heavy atom. The predicted molar refractivity (Wildman–Crippen MR) is 111 cm³/mol. The predicted octanol–water partition coefficient (Wildman–Crippen LogP) is 4.50. The lowest BCUT2D eigenvalue weighted by Gasteiger charge is -2.09. The molecular formula is C23H21N3O2. The molecule has 2 aromatic heterocycles. The van der Waals surface area contributed by atoms with Crippen LogP contribution < -0.4 is 10.1 Å². The first kappa shape index (κ1) is 17.8. The topological polar surface area (TPSA) is 55.6 Å². The highest BCUT2D eigenvalue weighted by Crippen LogP contribution is 2.22. The van der Waals surface area contributed by atoms with Crippen LogP contribution in [0.3, 0.4) is 0 Å². The standard InChI is InChI=1S/C23H21N3O2/c1-16-11-12-26-15-20(25-22(26)13-16)17-7-9-19(10-8-17)24-23(27)14-18-5-3-4-6-21(18)28-2/h3-13,15H,14H2,1-2H3,(H,24,27). The zero-order valence-electron chi connectivity index (χ0n) is 15.8. The number of aryl methyl sites for hydroxylation is 1. The Balaban J connectivity index is 1.47. The molecule has 5 nitrogen and oxygen atoms in total. The number of carbonyl (C=O) groups is 1. The Hall–Kier alpha value is -3.60. The van der Waals surface area contributed by atoms with E-state index in [1.165, 1.54) is 5.56 Å². The van der Waals surface area contributed by atoms with Gasteiger partial charge in [-0.05, 0) is 42.8 Å². The number of nitrogens with one attached hydrogen (secondary N) is 1. The number of benzene rings is 2. The number of methoxy groups -OCH3 is 1. The minimum absolute atomic E-state index is 0.0829. The van der Waals surface area contributed by atoms with Crippen LogP contribution in [0.15, 0.2) is 73.1 Å². The minimum atomic E-state index is -0.0829. The van der Waals surface area contributed by atoms with Gasteiger partial charge in [0.2, 0.25) is 5.91 Å². The van der Waals surface area contributed by atoms with E-state index in [9.17, 15) is 4.79 Å². The molecule has 1 amide bonds. The van der Waals surface area contributed by atoms with E-state index in [4.69, 9.17) is 4.74 Å². The number of hydrogen-bond donors (Lipinski definition) is 1. The van der Waals surface area contributed by atoms with E-state index >= 15 is 0 Å². The molecule has 4 rings (SSSR count). The van der Waals surface area contributed by atoms with E-state index in [2.05, 4.69) is 29.4 Å². The molecule has 0 aliphatic rings. The second kappa shape index (κ2) is 7.56. The van der Waals surface area contributed by atoms with Crippen LogP contribution >= 0.6 is 0 Å². The molecule has 0 spiro atoms. The van der Waals surface area contributed by atoms with Crippen LogP contribution in [-0.4, -0.2) is 22.4 Å². The van der Waals surface area contributed by atoms with Gasteiger partial charge in [0.1, 0.15) is 11.4 Å². The molecule has 28 heavy (non-hydrogen) atoms. The van der Waals surface area contributed by atoms with Crippen LogP contribution in [0, 0.1) is 6.92 Å². The van der Waals surface area contributed by atoms with Crippen molar-refractivity contribution >= 4 is 17.2 Å². The highest BCUT2D eigenvalue weighted by atomic mass is 16.5. The Kier molecular flexibility index (Phi) is 4.81. The molecular weight excluding hydrogens is 350 g/mol. The summed E-state index contributed by atoms with van der Waals surface area (Å²) in [5, 5.41) is 2.93. The molecule has 2 heterocycles. The van der Waals surface area contributed by atoms with Gasteiger partial charge in [0.15, 0.2) is 0 Å². The Bertz CT molecular complexity index is 1130. The maximum Gasteiger partial charge on any atom is 0.228 e. The summed E-state index contributed by atoms with van der Waals surface area (Å²) in [5.74, 6) is 0.635. The monoisotopic (exact) mass is 371 g/mol. The first-order valence-corrected chi connectivity index (χ1v) is 9.10. The van der Waals surface area contributed by atoms with Crippen molar-refractivity contribution in [2.45, 2.75) is 13.3 Å². The number of fused-ring (bicyclic) bond motifs is 1. The number of anilines is 1. The summed E-state index contributed by atoms with van der Waals surface area (Å²) in [6, 6.07) is 19.4. The lowest BCUT2D eigenvalue weighted by atomic mass is 10.1. The van der Waals surface area contributed by atoms with Gasteiger partial charge in [-0.2, -0.15) is 0 Å². The van der Waals surface area contributed by atoms with Crippen LogP contribution in [0.4, 0.5) is 5.69 Å². The smallest absolute Gasteiger partial charge is 0.228 e. The minimum Gasteiger partial charge on any atom is -0.496 e. The third-order valence-corrected chi connectivity index (χ3v) is 4.62. The van der Waals surface area contributed by atoms with Crippen molar-refractivity contribution in [3.8, 4) is 17.0 Å². The SMILES string of the molecule is COc1ccccc1CC(=O)Nc1ccc(-c2cn3ccc(C)cc3n2)cc1. The van der Waals surface area contributed by atoms with E-state index in [0.29, 0.717) is 0 Å². The second-order valence-corrected chi connectivity index (χ2v) is 6.71. The molecule has 0 fully saturated rings. The first-order chi connectivity index (χ1) is 13.6. The van der Waals surface area contributed by atoms with Gasteiger partial charge in [0, 0.05) is 29.2 Å². The summed E-state index contributed by atoms with van der Waals surface area (Å²) in [6.45, 7) is 2.05. The van der Waals surface area contributed by atoms with Gasteiger partial charge in [-0.1, -0.05) is 30.3 Å². The van der Waals surface area contributed by atoms with Crippen molar-refractivity contribution < 1.29 is 9.53 Å². The van der Waals surface area contributed by atoms with Crippen molar-refractivity contribution in [2.75, 3.05) is 12.4 Å². The van der Waals surface area contributed by atoms with E-state index < -0.39 is 0 Å². The molecule has 1 N–H and O–H groups in total. The van der Waals surface area contributed by atoms with Crippen molar-refractivity contribution in [2.24, 2.45) is 0 Å². The van der Waals surface area contributed by atoms with Gasteiger partial charge in [0.05, 0.1) is 19.2 Å². The Morgan fingerprint density at radius 2 is 1.89 bits per heavy atom. The van der Waals surface area contributed by atoms with Crippen molar-refractivity contribution in [1.82, 2.24) is 9.38 Å². The molecule has 0 unspecified atom stereocenters. The van der Waals surface area contributed by atoms with Crippen molar-refractivity contribution in [3.05, 3.63) is 84.2 Å². The molecule has 0 radical (unpaired) electrons. The van der Waals surface area contributed by atoms with E-state index in [-0.39, 0.29) is 12.3 Å². The van der Waals surface area contributed by atoms with Crippen LogP contribution in [0.5, 0.6) is 5.75 Å². The summed E-state index contributed by atoms with van der Waals surface area (Å²) >= 11 is 0. The van der Waals surface area contributed by atoms with E-state index in [1.54, 1.807) is 7.11 Å². The number of para-hydroxylation sites is 1. The van der Waals surface area contributed by atoms with Crippen LogP contribution in [-0.2, 0) is 11.2 Å². The molecule has 2 aromatic carbocycles. The lowest BCUT2D eigenvalue weighted by molar-refractivity contribution is -0.115. The second-order valence-electron chi connectivity index (χ2n) is 6.71. The van der Waals surface area contributed by atoms with Gasteiger partial charge in [0.25, 0.3) is 0 Å². The quantitative estimate of drug-likeness (QED) is 0.562. The number of rotatable bonds is 5.